The summed E-state index contributed by atoms with van der Waals surface area (Å²) in [7, 11) is 0. The molecule has 0 spiro atoms. The number of aromatic nitrogens is 4. The van der Waals surface area contributed by atoms with Crippen molar-refractivity contribution in [1.82, 2.24) is 20.4 Å². The lowest BCUT2D eigenvalue weighted by molar-refractivity contribution is 0.249. The van der Waals surface area contributed by atoms with Crippen LogP contribution in [0.15, 0.2) is 30.5 Å². The number of halogens is 1. The van der Waals surface area contributed by atoms with Gasteiger partial charge in [0.05, 0.1) is 34.0 Å². The first kappa shape index (κ1) is 16.1. The Morgan fingerprint density at radius 3 is 2.83 bits per heavy atom. The van der Waals surface area contributed by atoms with Crippen LogP contribution in [0.1, 0.15) is 42.3 Å². The molecule has 7 heteroatoms. The Balaban J connectivity index is 1.45. The summed E-state index contributed by atoms with van der Waals surface area (Å²) < 4.78 is 0. The van der Waals surface area contributed by atoms with Gasteiger partial charge in [0.15, 0.2) is 5.82 Å². The van der Waals surface area contributed by atoms with Crippen molar-refractivity contribution in [3.63, 3.8) is 0 Å². The molecule has 2 bridgehead atoms. The second-order valence-corrected chi connectivity index (χ2v) is 9.36. The molecular formula is C22H21ClN6. The number of nitrogens with one attached hydrogen (secondary N) is 3. The lowest BCUT2D eigenvalue weighted by atomic mass is 9.67. The number of anilines is 2. The van der Waals surface area contributed by atoms with Gasteiger partial charge in [-0.05, 0) is 72.3 Å². The van der Waals surface area contributed by atoms with E-state index < -0.39 is 0 Å². The lowest BCUT2D eigenvalue weighted by Crippen LogP contribution is -2.35. The lowest BCUT2D eigenvalue weighted by Gasteiger charge is -2.44. The van der Waals surface area contributed by atoms with Gasteiger partial charge in [-0.2, -0.15) is 10.2 Å². The zero-order valence-corrected chi connectivity index (χ0v) is 16.5. The van der Waals surface area contributed by atoms with E-state index in [1.807, 2.05) is 12.3 Å². The minimum absolute atomic E-state index is 0.235. The maximum atomic E-state index is 6.78. The first-order chi connectivity index (χ1) is 14.2. The number of nitrogens with zero attached hydrogens (tertiary/aromatic N) is 2. The SMILES string of the molecule is Nc1n[nH]c2cc([C@@H]3Nc4c(Cl)cc5[nH]ncc5c4[C@H]4C5CCC(C5)[C@@H]34)ccc12. The third kappa shape index (κ3) is 2.02. The zero-order valence-electron chi connectivity index (χ0n) is 15.7. The summed E-state index contributed by atoms with van der Waals surface area (Å²) in [5.74, 6) is 3.12. The van der Waals surface area contributed by atoms with Crippen LogP contribution in [0.4, 0.5) is 11.5 Å². The van der Waals surface area contributed by atoms with Gasteiger partial charge < -0.3 is 11.1 Å². The molecule has 0 amide bonds. The van der Waals surface area contributed by atoms with Crippen molar-refractivity contribution in [3.05, 3.63) is 46.6 Å². The number of benzene rings is 2. The first-order valence-electron chi connectivity index (χ1n) is 10.3. The average molecular weight is 405 g/mol. The van der Waals surface area contributed by atoms with Crippen LogP contribution in [-0.4, -0.2) is 20.4 Å². The van der Waals surface area contributed by atoms with Gasteiger partial charge in [-0.3, -0.25) is 10.2 Å². The van der Waals surface area contributed by atoms with Gasteiger partial charge in [-0.25, -0.2) is 0 Å². The van der Waals surface area contributed by atoms with E-state index >= 15 is 0 Å². The molecule has 3 heterocycles. The van der Waals surface area contributed by atoms with E-state index in [2.05, 4.69) is 43.9 Å². The quantitative estimate of drug-likeness (QED) is 0.360. The van der Waals surface area contributed by atoms with Crippen molar-refractivity contribution < 1.29 is 0 Å². The Morgan fingerprint density at radius 1 is 1.03 bits per heavy atom. The number of rotatable bonds is 1. The Hall–Kier alpha value is -2.73. The molecule has 2 saturated carbocycles. The maximum Gasteiger partial charge on any atom is 0.153 e. The molecule has 2 aromatic heterocycles. The number of hydrogen-bond acceptors (Lipinski definition) is 4. The Labute approximate surface area is 172 Å². The highest BCUT2D eigenvalue weighted by atomic mass is 35.5. The number of aromatic amines is 2. The molecular weight excluding hydrogens is 384 g/mol. The third-order valence-electron chi connectivity index (χ3n) is 7.71. The van der Waals surface area contributed by atoms with Crippen molar-refractivity contribution in [2.24, 2.45) is 17.8 Å². The maximum absolute atomic E-state index is 6.78. The van der Waals surface area contributed by atoms with E-state index in [9.17, 15) is 0 Å². The normalized spacial score (nSPS) is 29.9. The number of hydrogen-bond donors (Lipinski definition) is 4. The first-order valence-corrected chi connectivity index (χ1v) is 10.7. The summed E-state index contributed by atoms with van der Waals surface area (Å²) in [5, 5.41) is 21.5. The predicted molar refractivity (Wildman–Crippen MR) is 115 cm³/mol. The second kappa shape index (κ2) is 5.45. The van der Waals surface area contributed by atoms with E-state index in [1.165, 1.54) is 35.8 Å². The van der Waals surface area contributed by atoms with Crippen LogP contribution < -0.4 is 11.1 Å². The molecule has 1 aliphatic heterocycles. The van der Waals surface area contributed by atoms with Crippen molar-refractivity contribution in [2.45, 2.75) is 31.2 Å². The van der Waals surface area contributed by atoms with Crippen molar-refractivity contribution >= 4 is 44.9 Å². The summed E-state index contributed by atoms with van der Waals surface area (Å²) in [5.41, 5.74) is 11.7. The van der Waals surface area contributed by atoms with E-state index in [-0.39, 0.29) is 6.04 Å². The number of nitrogen functional groups attached to an aromatic ring is 1. The molecule has 5 N–H and O–H groups in total. The molecule has 2 unspecified atom stereocenters. The van der Waals surface area contributed by atoms with Crippen LogP contribution in [0.2, 0.25) is 5.02 Å². The van der Waals surface area contributed by atoms with E-state index in [0.717, 1.165) is 39.0 Å². The van der Waals surface area contributed by atoms with Gasteiger partial charge >= 0.3 is 0 Å². The van der Waals surface area contributed by atoms with E-state index in [4.69, 9.17) is 17.3 Å². The zero-order chi connectivity index (χ0) is 19.3. The Kier molecular flexibility index (Phi) is 3.03. The minimum atomic E-state index is 0.235. The van der Waals surface area contributed by atoms with Crippen molar-refractivity contribution in [2.75, 3.05) is 11.1 Å². The Morgan fingerprint density at radius 2 is 1.90 bits per heavy atom. The number of H-pyrrole nitrogens is 2. The van der Waals surface area contributed by atoms with Gasteiger partial charge in [0.25, 0.3) is 0 Å². The van der Waals surface area contributed by atoms with Crippen LogP contribution >= 0.6 is 11.6 Å². The number of fused-ring (bicyclic) bond motifs is 10. The summed E-state index contributed by atoms with van der Waals surface area (Å²) in [6.45, 7) is 0. The van der Waals surface area contributed by atoms with Gasteiger partial charge in [0.2, 0.25) is 0 Å². The highest BCUT2D eigenvalue weighted by Crippen LogP contribution is 2.65. The topological polar surface area (TPSA) is 95.4 Å². The largest absolute Gasteiger partial charge is 0.382 e. The van der Waals surface area contributed by atoms with Crippen LogP contribution in [0.5, 0.6) is 0 Å². The summed E-state index contributed by atoms with van der Waals surface area (Å²) >= 11 is 6.78. The van der Waals surface area contributed by atoms with E-state index in [0.29, 0.717) is 17.7 Å². The summed E-state index contributed by atoms with van der Waals surface area (Å²) in [6.07, 6.45) is 5.93. The molecule has 2 aromatic carbocycles. The van der Waals surface area contributed by atoms with Crippen LogP contribution in [0.25, 0.3) is 21.8 Å². The van der Waals surface area contributed by atoms with Gasteiger partial charge in [0, 0.05) is 10.8 Å². The van der Waals surface area contributed by atoms with Crippen LogP contribution in [-0.2, 0) is 0 Å². The second-order valence-electron chi connectivity index (χ2n) is 8.95. The highest BCUT2D eigenvalue weighted by Gasteiger charge is 2.54. The summed E-state index contributed by atoms with van der Waals surface area (Å²) in [4.78, 5) is 0. The smallest absolute Gasteiger partial charge is 0.153 e. The van der Waals surface area contributed by atoms with Crippen LogP contribution in [0, 0.1) is 17.8 Å². The fourth-order valence-corrected chi connectivity index (χ4v) is 6.89. The fourth-order valence-electron chi connectivity index (χ4n) is 6.63. The average Bonchev–Trinajstić information content (AvgIpc) is 3.51. The van der Waals surface area contributed by atoms with Gasteiger partial charge in [0.1, 0.15) is 0 Å². The molecule has 29 heavy (non-hydrogen) atoms. The molecule has 2 fully saturated rings. The van der Waals surface area contributed by atoms with Crippen molar-refractivity contribution in [1.29, 1.82) is 0 Å². The highest BCUT2D eigenvalue weighted by molar-refractivity contribution is 6.34. The monoisotopic (exact) mass is 404 g/mol. The molecule has 146 valence electrons. The minimum Gasteiger partial charge on any atom is -0.382 e. The fraction of sp³-hybridized carbons (Fsp3) is 0.364. The van der Waals surface area contributed by atoms with Gasteiger partial charge in [-0.15, -0.1) is 0 Å². The molecule has 2 aliphatic carbocycles. The standard InChI is InChI=1S/C22H21ClN6/c23-14-7-16-13(8-25-27-16)19-17-9-1-2-10(5-9)18(17)20(26-21(14)19)11-3-4-12-15(6-11)28-29-22(12)24/h3-4,6-10,17-18,20,26H,1-2,5H2,(H,25,27)(H3,24,28,29)/t9?,10?,17-,18+,20-/m0/s1. The molecule has 7 rings (SSSR count). The Bertz CT molecular complexity index is 1290. The van der Waals surface area contributed by atoms with Crippen LogP contribution in [0.3, 0.4) is 0 Å². The molecule has 4 aromatic rings. The molecule has 6 nitrogen and oxygen atoms in total. The molecule has 0 saturated heterocycles. The summed E-state index contributed by atoms with van der Waals surface area (Å²) in [6, 6.07) is 8.72. The van der Waals surface area contributed by atoms with Crippen molar-refractivity contribution in [3.8, 4) is 0 Å². The number of nitrogens with two attached hydrogens (primary N) is 1. The van der Waals surface area contributed by atoms with E-state index in [1.54, 1.807) is 0 Å². The molecule has 5 atom stereocenters. The van der Waals surface area contributed by atoms with Gasteiger partial charge in [-0.1, -0.05) is 17.7 Å². The third-order valence-corrected chi connectivity index (χ3v) is 8.01. The predicted octanol–water partition coefficient (Wildman–Crippen LogP) is 4.97. The molecule has 3 aliphatic rings. The molecule has 0 radical (unpaired) electrons.